The van der Waals surface area contributed by atoms with E-state index in [4.69, 9.17) is 9.47 Å². The Morgan fingerprint density at radius 1 is 0.971 bits per heavy atom. The van der Waals surface area contributed by atoms with Crippen LogP contribution in [0, 0.1) is 0 Å². The van der Waals surface area contributed by atoms with Crippen LogP contribution in [0.15, 0.2) is 65.9 Å². The van der Waals surface area contributed by atoms with Crippen molar-refractivity contribution in [2.45, 2.75) is 19.9 Å². The molecule has 2 aliphatic heterocycles. The summed E-state index contributed by atoms with van der Waals surface area (Å²) in [6.45, 7) is 8.24. The maximum absolute atomic E-state index is 13.1. The predicted molar refractivity (Wildman–Crippen MR) is 131 cm³/mol. The summed E-state index contributed by atoms with van der Waals surface area (Å²) < 4.78 is 11.2. The van der Waals surface area contributed by atoms with Crippen molar-refractivity contribution in [3.05, 3.63) is 71.4 Å². The van der Waals surface area contributed by atoms with Crippen LogP contribution in [-0.2, 0) is 9.53 Å². The summed E-state index contributed by atoms with van der Waals surface area (Å²) in [4.78, 5) is 30.4. The lowest BCUT2D eigenvalue weighted by Crippen LogP contribution is -2.51. The molecule has 1 fully saturated rings. The first-order valence-corrected chi connectivity index (χ1v) is 11.8. The van der Waals surface area contributed by atoms with Crippen LogP contribution in [0.5, 0.6) is 5.75 Å². The molecule has 1 unspecified atom stereocenters. The number of benzene rings is 2. The summed E-state index contributed by atoms with van der Waals surface area (Å²) in [5, 5.41) is 5.78. The number of amides is 2. The van der Waals surface area contributed by atoms with Crippen molar-refractivity contribution in [3.8, 4) is 5.75 Å². The Kier molecular flexibility index (Phi) is 7.69. The Morgan fingerprint density at radius 3 is 2.38 bits per heavy atom. The minimum atomic E-state index is -0.656. The highest BCUT2D eigenvalue weighted by atomic mass is 16.5. The Bertz CT molecular complexity index is 1030. The van der Waals surface area contributed by atoms with Gasteiger partial charge in [0.25, 0.3) is 0 Å². The first-order chi connectivity index (χ1) is 16.6. The SMILES string of the molecule is CCOC(=O)C1=C(CN2CCN(c3ccccc3)CC2)NC(=O)NC1c1ccccc1OCC. The molecule has 0 spiro atoms. The third-order valence-electron chi connectivity index (χ3n) is 6.05. The summed E-state index contributed by atoms with van der Waals surface area (Å²) in [5.74, 6) is 0.194. The monoisotopic (exact) mass is 464 g/mol. The number of esters is 1. The molecule has 2 amide bonds. The largest absolute Gasteiger partial charge is 0.494 e. The predicted octanol–water partition coefficient (Wildman–Crippen LogP) is 3.08. The van der Waals surface area contributed by atoms with E-state index in [0.29, 0.717) is 30.2 Å². The number of hydrogen-bond acceptors (Lipinski definition) is 6. The highest BCUT2D eigenvalue weighted by Gasteiger charge is 2.36. The van der Waals surface area contributed by atoms with Crippen LogP contribution in [0.2, 0.25) is 0 Å². The second-order valence-corrected chi connectivity index (χ2v) is 8.21. The van der Waals surface area contributed by atoms with Crippen molar-refractivity contribution in [2.75, 3.05) is 50.8 Å². The molecule has 2 aliphatic rings. The average Bonchev–Trinajstić information content (AvgIpc) is 2.85. The molecule has 34 heavy (non-hydrogen) atoms. The maximum atomic E-state index is 13.1. The Morgan fingerprint density at radius 2 is 1.68 bits per heavy atom. The first-order valence-electron chi connectivity index (χ1n) is 11.8. The third kappa shape index (κ3) is 5.34. The van der Waals surface area contributed by atoms with Crippen LogP contribution in [0.25, 0.3) is 0 Å². The number of ether oxygens (including phenoxy) is 2. The topological polar surface area (TPSA) is 83.1 Å². The van der Waals surface area contributed by atoms with Gasteiger partial charge in [0.15, 0.2) is 0 Å². The van der Waals surface area contributed by atoms with E-state index in [-0.39, 0.29) is 12.6 Å². The summed E-state index contributed by atoms with van der Waals surface area (Å²) in [5.41, 5.74) is 2.93. The number of hydrogen-bond donors (Lipinski definition) is 2. The Labute approximate surface area is 200 Å². The normalized spacial score (nSPS) is 18.8. The van der Waals surface area contributed by atoms with Crippen LogP contribution >= 0.6 is 0 Å². The van der Waals surface area contributed by atoms with Gasteiger partial charge in [-0.05, 0) is 32.0 Å². The van der Waals surface area contributed by atoms with Crippen LogP contribution < -0.4 is 20.3 Å². The van der Waals surface area contributed by atoms with Gasteiger partial charge in [-0.1, -0.05) is 36.4 Å². The molecule has 2 aromatic carbocycles. The van der Waals surface area contributed by atoms with Gasteiger partial charge in [-0.2, -0.15) is 0 Å². The van der Waals surface area contributed by atoms with Gasteiger partial charge in [0.05, 0.1) is 24.8 Å². The van der Waals surface area contributed by atoms with Crippen molar-refractivity contribution in [2.24, 2.45) is 0 Å². The van der Waals surface area contributed by atoms with Crippen molar-refractivity contribution >= 4 is 17.7 Å². The van der Waals surface area contributed by atoms with Gasteiger partial charge in [0, 0.05) is 49.7 Å². The van der Waals surface area contributed by atoms with Crippen LogP contribution in [0.1, 0.15) is 25.5 Å². The molecule has 0 aromatic heterocycles. The molecule has 0 bridgehead atoms. The fourth-order valence-electron chi connectivity index (χ4n) is 4.46. The second-order valence-electron chi connectivity index (χ2n) is 8.21. The third-order valence-corrected chi connectivity index (χ3v) is 6.05. The molecule has 0 aliphatic carbocycles. The molecule has 180 valence electrons. The lowest BCUT2D eigenvalue weighted by Gasteiger charge is -2.38. The zero-order chi connectivity index (χ0) is 23.9. The summed E-state index contributed by atoms with van der Waals surface area (Å²) in [6, 6.07) is 16.8. The Hall–Kier alpha value is -3.52. The number of carbonyl (C=O) groups is 2. The quantitative estimate of drug-likeness (QED) is 0.585. The zero-order valence-corrected chi connectivity index (χ0v) is 19.8. The lowest BCUT2D eigenvalue weighted by molar-refractivity contribution is -0.139. The van der Waals surface area contributed by atoms with E-state index in [1.165, 1.54) is 5.69 Å². The van der Waals surface area contributed by atoms with Crippen molar-refractivity contribution in [3.63, 3.8) is 0 Å². The number of carbonyl (C=O) groups excluding carboxylic acids is 2. The molecule has 8 heteroatoms. The molecule has 1 atom stereocenters. The number of anilines is 1. The standard InChI is InChI=1S/C26H32N4O4/c1-3-33-22-13-9-8-12-20(22)24-23(25(31)34-4-2)21(27-26(32)28-24)18-29-14-16-30(17-15-29)19-10-6-5-7-11-19/h5-13,24H,3-4,14-18H2,1-2H3,(H2,27,28,32). The van der Waals surface area contributed by atoms with Gasteiger partial charge in [0.2, 0.25) is 0 Å². The molecule has 0 radical (unpaired) electrons. The van der Waals surface area contributed by atoms with Gasteiger partial charge in [0.1, 0.15) is 5.75 Å². The number of rotatable bonds is 8. The van der Waals surface area contributed by atoms with Crippen molar-refractivity contribution in [1.82, 2.24) is 15.5 Å². The fourth-order valence-corrected chi connectivity index (χ4v) is 4.46. The van der Waals surface area contributed by atoms with Crippen molar-refractivity contribution < 1.29 is 19.1 Å². The molecule has 0 saturated carbocycles. The fraction of sp³-hybridized carbons (Fsp3) is 0.385. The van der Waals surface area contributed by atoms with E-state index in [1.54, 1.807) is 6.92 Å². The molecule has 4 rings (SSSR count). The number of nitrogens with zero attached hydrogens (tertiary/aromatic N) is 2. The van der Waals surface area contributed by atoms with Gasteiger partial charge in [-0.25, -0.2) is 9.59 Å². The van der Waals surface area contributed by atoms with Gasteiger partial charge >= 0.3 is 12.0 Å². The molecule has 8 nitrogen and oxygen atoms in total. The minimum absolute atomic E-state index is 0.249. The van der Waals surface area contributed by atoms with Crippen LogP contribution in [0.3, 0.4) is 0 Å². The van der Waals surface area contributed by atoms with E-state index in [0.717, 1.165) is 31.7 Å². The first kappa shape index (κ1) is 23.6. The lowest BCUT2D eigenvalue weighted by atomic mass is 9.94. The smallest absolute Gasteiger partial charge is 0.338 e. The highest BCUT2D eigenvalue weighted by molar-refractivity contribution is 5.95. The number of piperazine rings is 1. The Balaban J connectivity index is 1.60. The number of para-hydroxylation sites is 2. The molecular weight excluding hydrogens is 432 g/mol. The van der Waals surface area contributed by atoms with Gasteiger partial charge < -0.3 is 25.0 Å². The molecule has 2 aromatic rings. The molecule has 2 heterocycles. The van der Waals surface area contributed by atoms with Gasteiger partial charge in [-0.15, -0.1) is 0 Å². The summed E-state index contributed by atoms with van der Waals surface area (Å²) in [6.07, 6.45) is 0. The van der Waals surface area contributed by atoms with E-state index in [9.17, 15) is 9.59 Å². The van der Waals surface area contributed by atoms with Gasteiger partial charge in [-0.3, -0.25) is 4.90 Å². The van der Waals surface area contributed by atoms with E-state index < -0.39 is 12.0 Å². The van der Waals surface area contributed by atoms with Crippen LogP contribution in [-0.4, -0.2) is 62.8 Å². The maximum Gasteiger partial charge on any atom is 0.338 e. The van der Waals surface area contributed by atoms with E-state index >= 15 is 0 Å². The van der Waals surface area contributed by atoms with Crippen molar-refractivity contribution in [1.29, 1.82) is 0 Å². The minimum Gasteiger partial charge on any atom is -0.494 e. The molecule has 2 N–H and O–H groups in total. The zero-order valence-electron chi connectivity index (χ0n) is 19.8. The van der Waals surface area contributed by atoms with E-state index in [1.807, 2.05) is 49.4 Å². The summed E-state index contributed by atoms with van der Waals surface area (Å²) >= 11 is 0. The number of nitrogens with one attached hydrogen (secondary N) is 2. The van der Waals surface area contributed by atoms with E-state index in [2.05, 4.69) is 32.6 Å². The average molecular weight is 465 g/mol. The highest BCUT2D eigenvalue weighted by Crippen LogP contribution is 2.34. The second kappa shape index (κ2) is 11.1. The number of urea groups is 1. The molecule has 1 saturated heterocycles. The summed E-state index contributed by atoms with van der Waals surface area (Å²) in [7, 11) is 0. The molecular formula is C26H32N4O4. The van der Waals surface area contributed by atoms with Crippen LogP contribution in [0.4, 0.5) is 10.5 Å².